The molecule has 3 nitrogen and oxygen atoms in total. The highest BCUT2D eigenvalue weighted by molar-refractivity contribution is 7.85. The SMILES string of the molecule is Nc1ccc(S(=O)CC2CCCCO2)c(F)c1. The number of halogens is 1. The van der Waals surface area contributed by atoms with Gasteiger partial charge >= 0.3 is 0 Å². The highest BCUT2D eigenvalue weighted by Gasteiger charge is 2.19. The van der Waals surface area contributed by atoms with Gasteiger partial charge in [0.25, 0.3) is 0 Å². The zero-order valence-corrected chi connectivity index (χ0v) is 10.3. The smallest absolute Gasteiger partial charge is 0.141 e. The van der Waals surface area contributed by atoms with Crippen molar-refractivity contribution in [2.45, 2.75) is 30.3 Å². The quantitative estimate of drug-likeness (QED) is 0.843. The summed E-state index contributed by atoms with van der Waals surface area (Å²) in [5.41, 5.74) is 5.79. The lowest BCUT2D eigenvalue weighted by atomic mass is 10.1. The van der Waals surface area contributed by atoms with Gasteiger partial charge in [-0.15, -0.1) is 0 Å². The summed E-state index contributed by atoms with van der Waals surface area (Å²) in [6.07, 6.45) is 3.04. The van der Waals surface area contributed by atoms with Crippen molar-refractivity contribution in [3.05, 3.63) is 24.0 Å². The van der Waals surface area contributed by atoms with E-state index in [1.165, 1.54) is 12.1 Å². The van der Waals surface area contributed by atoms with E-state index in [1.807, 2.05) is 0 Å². The molecule has 0 amide bonds. The lowest BCUT2D eigenvalue weighted by molar-refractivity contribution is 0.0310. The number of anilines is 1. The molecule has 1 aliphatic heterocycles. The Morgan fingerprint density at radius 2 is 2.29 bits per heavy atom. The minimum absolute atomic E-state index is 0.0125. The Hall–Kier alpha value is -0.940. The predicted molar refractivity (Wildman–Crippen MR) is 65.7 cm³/mol. The molecule has 0 bridgehead atoms. The van der Waals surface area contributed by atoms with Crippen LogP contribution < -0.4 is 5.73 Å². The molecule has 17 heavy (non-hydrogen) atoms. The first kappa shape index (κ1) is 12.5. The van der Waals surface area contributed by atoms with Crippen LogP contribution in [0.4, 0.5) is 10.1 Å². The topological polar surface area (TPSA) is 52.3 Å². The summed E-state index contributed by atoms with van der Waals surface area (Å²) in [5.74, 6) is -0.139. The molecule has 1 heterocycles. The first-order valence-electron chi connectivity index (χ1n) is 5.72. The first-order valence-corrected chi connectivity index (χ1v) is 7.03. The predicted octanol–water partition coefficient (Wildman–Crippen LogP) is 2.08. The normalized spacial score (nSPS) is 22.3. The second kappa shape index (κ2) is 5.60. The maximum Gasteiger partial charge on any atom is 0.141 e. The molecule has 1 aliphatic rings. The minimum Gasteiger partial charge on any atom is -0.399 e. The van der Waals surface area contributed by atoms with Gasteiger partial charge in [-0.05, 0) is 37.5 Å². The number of hydrogen-bond acceptors (Lipinski definition) is 3. The summed E-state index contributed by atoms with van der Waals surface area (Å²) in [6.45, 7) is 0.714. The molecule has 0 radical (unpaired) electrons. The number of ether oxygens (including phenoxy) is 1. The molecule has 2 unspecified atom stereocenters. The van der Waals surface area contributed by atoms with E-state index in [0.717, 1.165) is 19.3 Å². The fourth-order valence-corrected chi connectivity index (χ4v) is 3.18. The maximum atomic E-state index is 13.5. The zero-order valence-electron chi connectivity index (χ0n) is 9.52. The third kappa shape index (κ3) is 3.26. The standard InChI is InChI=1S/C12H16FNO2S/c13-11-7-9(14)4-5-12(11)17(15)8-10-3-1-2-6-16-10/h4-5,7,10H,1-3,6,8,14H2. The Morgan fingerprint density at radius 3 is 2.94 bits per heavy atom. The van der Waals surface area contributed by atoms with E-state index < -0.39 is 16.6 Å². The highest BCUT2D eigenvalue weighted by Crippen LogP contribution is 2.19. The van der Waals surface area contributed by atoms with E-state index >= 15 is 0 Å². The molecular formula is C12H16FNO2S. The van der Waals surface area contributed by atoms with E-state index in [1.54, 1.807) is 6.07 Å². The van der Waals surface area contributed by atoms with Gasteiger partial charge in [-0.25, -0.2) is 4.39 Å². The van der Waals surface area contributed by atoms with Gasteiger partial charge in [0.1, 0.15) is 5.82 Å². The van der Waals surface area contributed by atoms with Gasteiger partial charge < -0.3 is 10.5 Å². The van der Waals surface area contributed by atoms with Crippen LogP contribution in [0.5, 0.6) is 0 Å². The van der Waals surface area contributed by atoms with Crippen molar-refractivity contribution in [3.63, 3.8) is 0 Å². The Balaban J connectivity index is 2.03. The van der Waals surface area contributed by atoms with Crippen molar-refractivity contribution in [2.24, 2.45) is 0 Å². The van der Waals surface area contributed by atoms with Crippen LogP contribution in [0.3, 0.4) is 0 Å². The van der Waals surface area contributed by atoms with Crippen molar-refractivity contribution in [3.8, 4) is 0 Å². The van der Waals surface area contributed by atoms with Gasteiger partial charge in [-0.3, -0.25) is 4.21 Å². The molecule has 1 fully saturated rings. The van der Waals surface area contributed by atoms with Gasteiger partial charge in [-0.2, -0.15) is 0 Å². The van der Waals surface area contributed by atoms with Crippen molar-refractivity contribution in [2.75, 3.05) is 18.1 Å². The summed E-state index contributed by atoms with van der Waals surface area (Å²) >= 11 is 0. The van der Waals surface area contributed by atoms with Gasteiger partial charge in [0, 0.05) is 12.3 Å². The molecule has 2 N–H and O–H groups in total. The monoisotopic (exact) mass is 257 g/mol. The van der Waals surface area contributed by atoms with Gasteiger partial charge in [0.2, 0.25) is 0 Å². The number of nitrogen functional groups attached to an aromatic ring is 1. The fraction of sp³-hybridized carbons (Fsp3) is 0.500. The zero-order chi connectivity index (χ0) is 12.3. The summed E-state index contributed by atoms with van der Waals surface area (Å²) < 4.78 is 31.0. The molecule has 2 rings (SSSR count). The van der Waals surface area contributed by atoms with Crippen LogP contribution in [0.15, 0.2) is 23.1 Å². The van der Waals surface area contributed by atoms with Crippen molar-refractivity contribution in [1.29, 1.82) is 0 Å². The minimum atomic E-state index is -1.36. The molecule has 0 spiro atoms. The van der Waals surface area contributed by atoms with E-state index in [2.05, 4.69) is 0 Å². The Morgan fingerprint density at radius 1 is 1.47 bits per heavy atom. The maximum absolute atomic E-state index is 13.5. The van der Waals surface area contributed by atoms with Crippen LogP contribution in [0, 0.1) is 5.82 Å². The molecule has 0 aliphatic carbocycles. The summed E-state index contributed by atoms with van der Waals surface area (Å²) in [4.78, 5) is 0.216. The average molecular weight is 257 g/mol. The molecule has 0 saturated carbocycles. The number of hydrogen-bond donors (Lipinski definition) is 1. The number of nitrogens with two attached hydrogens (primary N) is 1. The first-order chi connectivity index (χ1) is 8.16. The van der Waals surface area contributed by atoms with Crippen LogP contribution in [-0.2, 0) is 15.5 Å². The largest absolute Gasteiger partial charge is 0.399 e. The van der Waals surface area contributed by atoms with Crippen molar-refractivity contribution < 1.29 is 13.3 Å². The van der Waals surface area contributed by atoms with Crippen LogP contribution in [-0.4, -0.2) is 22.7 Å². The van der Waals surface area contributed by atoms with Crippen LogP contribution in [0.2, 0.25) is 0 Å². The van der Waals surface area contributed by atoms with Crippen molar-refractivity contribution in [1.82, 2.24) is 0 Å². The van der Waals surface area contributed by atoms with Crippen molar-refractivity contribution >= 4 is 16.5 Å². The van der Waals surface area contributed by atoms with E-state index in [0.29, 0.717) is 18.0 Å². The Kier molecular flexibility index (Phi) is 4.12. The summed E-state index contributed by atoms with van der Waals surface area (Å²) in [5, 5.41) is 0. The molecule has 1 saturated heterocycles. The van der Waals surface area contributed by atoms with Crippen LogP contribution in [0.1, 0.15) is 19.3 Å². The lowest BCUT2D eigenvalue weighted by Crippen LogP contribution is -2.25. The fourth-order valence-electron chi connectivity index (χ4n) is 1.90. The third-order valence-corrected chi connectivity index (χ3v) is 4.31. The summed E-state index contributed by atoms with van der Waals surface area (Å²) in [7, 11) is -1.36. The molecule has 94 valence electrons. The molecule has 1 aromatic rings. The Bertz CT molecular complexity index is 419. The van der Waals surface area contributed by atoms with Gasteiger partial charge in [0.05, 0.1) is 27.6 Å². The number of benzene rings is 1. The average Bonchev–Trinajstić information content (AvgIpc) is 2.30. The lowest BCUT2D eigenvalue weighted by Gasteiger charge is -2.22. The highest BCUT2D eigenvalue weighted by atomic mass is 32.2. The van der Waals surface area contributed by atoms with Gasteiger partial charge in [0.15, 0.2) is 0 Å². The van der Waals surface area contributed by atoms with E-state index in [4.69, 9.17) is 10.5 Å². The molecule has 5 heteroatoms. The van der Waals surface area contributed by atoms with Crippen LogP contribution in [0.25, 0.3) is 0 Å². The second-order valence-corrected chi connectivity index (χ2v) is 5.65. The molecule has 0 aromatic heterocycles. The van der Waals surface area contributed by atoms with E-state index in [-0.39, 0.29) is 11.0 Å². The molecule has 2 atom stereocenters. The number of rotatable bonds is 3. The molecular weight excluding hydrogens is 241 g/mol. The second-order valence-electron chi connectivity index (χ2n) is 4.19. The summed E-state index contributed by atoms with van der Waals surface area (Å²) in [6, 6.07) is 4.26. The van der Waals surface area contributed by atoms with E-state index in [9.17, 15) is 8.60 Å². The Labute approximate surface area is 103 Å². The van der Waals surface area contributed by atoms with Gasteiger partial charge in [-0.1, -0.05) is 0 Å². The van der Waals surface area contributed by atoms with Crippen LogP contribution >= 0.6 is 0 Å². The molecule has 1 aromatic carbocycles. The third-order valence-electron chi connectivity index (χ3n) is 2.81.